The Labute approximate surface area is 95.4 Å². The summed E-state index contributed by atoms with van der Waals surface area (Å²) in [5.74, 6) is 3.09. The van der Waals surface area contributed by atoms with Gasteiger partial charge >= 0.3 is 0 Å². The summed E-state index contributed by atoms with van der Waals surface area (Å²) in [6.45, 7) is 3.12. The van der Waals surface area contributed by atoms with E-state index in [0.29, 0.717) is 17.3 Å². The van der Waals surface area contributed by atoms with Crippen molar-refractivity contribution in [3.8, 4) is 5.75 Å². The van der Waals surface area contributed by atoms with Gasteiger partial charge in [0.25, 0.3) is 0 Å². The Morgan fingerprint density at radius 1 is 1.47 bits per heavy atom. The quantitative estimate of drug-likeness (QED) is 0.663. The lowest BCUT2D eigenvalue weighted by atomic mass is 9.80. The van der Waals surface area contributed by atoms with Crippen molar-refractivity contribution < 1.29 is 4.74 Å². The van der Waals surface area contributed by atoms with Gasteiger partial charge in [-0.1, -0.05) is 25.1 Å². The van der Waals surface area contributed by atoms with Crippen LogP contribution in [0.2, 0.25) is 0 Å². The van der Waals surface area contributed by atoms with E-state index in [-0.39, 0.29) is 0 Å². The molecule has 0 aromatic heterocycles. The van der Waals surface area contributed by atoms with Crippen LogP contribution in [0.4, 0.5) is 0 Å². The fourth-order valence-corrected chi connectivity index (χ4v) is 3.46. The van der Waals surface area contributed by atoms with Crippen molar-refractivity contribution in [3.05, 3.63) is 29.8 Å². The molecule has 1 fully saturated rings. The average Bonchev–Trinajstić information content (AvgIpc) is 3.00. The predicted molar refractivity (Wildman–Crippen MR) is 61.6 cm³/mol. The number of benzene rings is 1. The minimum atomic E-state index is 0.330. The summed E-state index contributed by atoms with van der Waals surface area (Å²) < 4.78 is 5.76. The van der Waals surface area contributed by atoms with E-state index in [1.807, 2.05) is 6.07 Å². The topological polar surface area (TPSA) is 9.23 Å². The maximum absolute atomic E-state index is 6.01. The smallest absolute Gasteiger partial charge is 0.123 e. The Morgan fingerprint density at radius 3 is 3.00 bits per heavy atom. The molecule has 0 radical (unpaired) electrons. The Morgan fingerprint density at radius 2 is 2.27 bits per heavy atom. The minimum Gasteiger partial charge on any atom is -0.493 e. The zero-order valence-corrected chi connectivity index (χ0v) is 9.63. The van der Waals surface area contributed by atoms with Gasteiger partial charge in [0.15, 0.2) is 0 Å². The van der Waals surface area contributed by atoms with E-state index in [1.165, 1.54) is 12.0 Å². The van der Waals surface area contributed by atoms with E-state index in [0.717, 1.165) is 18.2 Å². The number of hydrogen-bond donors (Lipinski definition) is 0. The number of rotatable bonds is 1. The molecule has 3 rings (SSSR count). The van der Waals surface area contributed by atoms with Gasteiger partial charge in [0.2, 0.25) is 0 Å². The van der Waals surface area contributed by atoms with Gasteiger partial charge in [-0.3, -0.25) is 0 Å². The third kappa shape index (κ3) is 1.16. The summed E-state index contributed by atoms with van der Waals surface area (Å²) in [6.07, 6.45) is 1.23. The molecular formula is C13H15ClO. The molecule has 1 heterocycles. The second kappa shape index (κ2) is 3.15. The highest BCUT2D eigenvalue weighted by molar-refractivity contribution is 6.18. The van der Waals surface area contributed by atoms with Crippen LogP contribution in [0.3, 0.4) is 0 Å². The first-order valence-electron chi connectivity index (χ1n) is 5.57. The van der Waals surface area contributed by atoms with Gasteiger partial charge in [-0.15, -0.1) is 11.6 Å². The first kappa shape index (κ1) is 9.53. The molecule has 0 bridgehead atoms. The molecule has 1 aliphatic heterocycles. The van der Waals surface area contributed by atoms with Crippen LogP contribution in [0, 0.1) is 11.8 Å². The minimum absolute atomic E-state index is 0.330. The Balaban J connectivity index is 2.08. The molecule has 1 aliphatic carbocycles. The van der Waals surface area contributed by atoms with E-state index >= 15 is 0 Å². The highest BCUT2D eigenvalue weighted by atomic mass is 35.5. The first-order chi connectivity index (χ1) is 7.29. The standard InChI is InChI=1S/C13H15ClO/c1-9-8-15-12-5-3-2-4-11(12)13(9)6-10(13)7-14/h2-5,9-10H,6-8H2,1H3. The summed E-state index contributed by atoms with van der Waals surface area (Å²) in [6, 6.07) is 8.43. The molecule has 0 amide bonds. The molecule has 1 aromatic rings. The summed E-state index contributed by atoms with van der Waals surface area (Å²) in [5.41, 5.74) is 1.71. The normalized spacial score (nSPS) is 37.2. The summed E-state index contributed by atoms with van der Waals surface area (Å²) >= 11 is 6.01. The van der Waals surface area contributed by atoms with E-state index in [1.54, 1.807) is 0 Å². The van der Waals surface area contributed by atoms with Crippen molar-refractivity contribution in [2.45, 2.75) is 18.8 Å². The van der Waals surface area contributed by atoms with Crippen LogP contribution < -0.4 is 4.74 Å². The van der Waals surface area contributed by atoms with E-state index < -0.39 is 0 Å². The molecule has 0 N–H and O–H groups in total. The van der Waals surface area contributed by atoms with Gasteiger partial charge in [0, 0.05) is 22.8 Å². The second-order valence-corrected chi connectivity index (χ2v) is 5.11. The number of para-hydroxylation sites is 1. The lowest BCUT2D eigenvalue weighted by Gasteiger charge is -2.32. The van der Waals surface area contributed by atoms with E-state index in [9.17, 15) is 0 Å². The van der Waals surface area contributed by atoms with Crippen LogP contribution in [-0.4, -0.2) is 12.5 Å². The fraction of sp³-hybridized carbons (Fsp3) is 0.538. The highest BCUT2D eigenvalue weighted by Crippen LogP contribution is 2.63. The molecule has 3 atom stereocenters. The van der Waals surface area contributed by atoms with Crippen LogP contribution in [0.1, 0.15) is 18.9 Å². The van der Waals surface area contributed by atoms with E-state index in [4.69, 9.17) is 16.3 Å². The Bertz CT molecular complexity index is 390. The molecule has 1 spiro atoms. The maximum atomic E-state index is 6.01. The third-order valence-corrected chi connectivity index (χ3v) is 4.47. The molecule has 1 nitrogen and oxygen atoms in total. The number of halogens is 1. The number of fused-ring (bicyclic) bond motifs is 2. The molecule has 15 heavy (non-hydrogen) atoms. The molecule has 1 aromatic carbocycles. The Hall–Kier alpha value is -0.690. The molecule has 3 unspecified atom stereocenters. The van der Waals surface area contributed by atoms with Crippen molar-refractivity contribution in [1.29, 1.82) is 0 Å². The van der Waals surface area contributed by atoms with Gasteiger partial charge in [0.05, 0.1) is 6.61 Å². The highest BCUT2D eigenvalue weighted by Gasteiger charge is 2.60. The largest absolute Gasteiger partial charge is 0.493 e. The Kier molecular flexibility index (Phi) is 2.00. The molecular weight excluding hydrogens is 208 g/mol. The third-order valence-electron chi connectivity index (χ3n) is 4.10. The van der Waals surface area contributed by atoms with Gasteiger partial charge in [-0.25, -0.2) is 0 Å². The average molecular weight is 223 g/mol. The molecule has 2 heteroatoms. The fourth-order valence-electron chi connectivity index (χ4n) is 3.08. The summed E-state index contributed by atoms with van der Waals surface area (Å²) in [7, 11) is 0. The van der Waals surface area contributed by atoms with Gasteiger partial charge in [0.1, 0.15) is 5.75 Å². The number of hydrogen-bond acceptors (Lipinski definition) is 1. The van der Waals surface area contributed by atoms with Crippen molar-refractivity contribution in [2.75, 3.05) is 12.5 Å². The van der Waals surface area contributed by atoms with Crippen molar-refractivity contribution >= 4 is 11.6 Å². The first-order valence-corrected chi connectivity index (χ1v) is 6.10. The van der Waals surface area contributed by atoms with Crippen molar-refractivity contribution in [3.63, 3.8) is 0 Å². The SMILES string of the molecule is CC1COc2ccccc2C12CC2CCl. The van der Waals surface area contributed by atoms with Crippen LogP contribution in [0.5, 0.6) is 5.75 Å². The van der Waals surface area contributed by atoms with E-state index in [2.05, 4.69) is 25.1 Å². The molecule has 1 saturated carbocycles. The number of alkyl halides is 1. The van der Waals surface area contributed by atoms with Gasteiger partial charge in [-0.2, -0.15) is 0 Å². The predicted octanol–water partition coefficient (Wildman–Crippen LogP) is 3.21. The van der Waals surface area contributed by atoms with Crippen LogP contribution in [-0.2, 0) is 5.41 Å². The zero-order valence-electron chi connectivity index (χ0n) is 8.87. The van der Waals surface area contributed by atoms with Gasteiger partial charge < -0.3 is 4.74 Å². The lowest BCUT2D eigenvalue weighted by molar-refractivity contribution is 0.189. The second-order valence-electron chi connectivity index (χ2n) is 4.80. The van der Waals surface area contributed by atoms with Crippen molar-refractivity contribution in [1.82, 2.24) is 0 Å². The number of ether oxygens (including phenoxy) is 1. The summed E-state index contributed by atoms with van der Waals surface area (Å²) in [4.78, 5) is 0. The van der Waals surface area contributed by atoms with Crippen LogP contribution in [0.15, 0.2) is 24.3 Å². The molecule has 80 valence electrons. The molecule has 0 saturated heterocycles. The molecule has 2 aliphatic rings. The summed E-state index contributed by atoms with van der Waals surface area (Å²) in [5, 5.41) is 0. The van der Waals surface area contributed by atoms with Gasteiger partial charge in [-0.05, 0) is 18.4 Å². The van der Waals surface area contributed by atoms with Crippen molar-refractivity contribution in [2.24, 2.45) is 11.8 Å². The monoisotopic (exact) mass is 222 g/mol. The van der Waals surface area contributed by atoms with Crippen LogP contribution >= 0.6 is 11.6 Å². The maximum Gasteiger partial charge on any atom is 0.123 e. The van der Waals surface area contributed by atoms with Crippen LogP contribution in [0.25, 0.3) is 0 Å². The zero-order chi connectivity index (χ0) is 10.5. The lowest BCUT2D eigenvalue weighted by Crippen LogP contribution is -2.31.